The van der Waals surface area contributed by atoms with Gasteiger partial charge >= 0.3 is 0 Å². The third-order valence-corrected chi connectivity index (χ3v) is 6.24. The number of para-hydroxylation sites is 1. The summed E-state index contributed by atoms with van der Waals surface area (Å²) in [6, 6.07) is 10.7. The average Bonchev–Trinajstić information content (AvgIpc) is 3.19. The predicted octanol–water partition coefficient (Wildman–Crippen LogP) is 8.37. The lowest BCUT2D eigenvalue weighted by Crippen LogP contribution is -2.37. The molecule has 2 aromatic rings. The lowest BCUT2D eigenvalue weighted by molar-refractivity contribution is -0.705. The van der Waals surface area contributed by atoms with Crippen molar-refractivity contribution >= 4 is 0 Å². The maximum Gasteiger partial charge on any atom is 0.264 e. The molecule has 0 N–H and O–H groups in total. The molecule has 2 nitrogen and oxygen atoms in total. The van der Waals surface area contributed by atoms with Crippen molar-refractivity contribution in [3.05, 3.63) is 48.5 Å². The lowest BCUT2D eigenvalue weighted by atomic mass is 10.0. The topological polar surface area (TPSA) is 8.81 Å². The summed E-state index contributed by atoms with van der Waals surface area (Å²) in [7, 11) is 0. The third-order valence-electron chi connectivity index (χ3n) is 6.24. The van der Waals surface area contributed by atoms with Gasteiger partial charge in [-0.3, -0.25) is 0 Å². The van der Waals surface area contributed by atoms with Crippen molar-refractivity contribution in [2.45, 2.75) is 123 Å². The number of unbranched alkanes of at least 4 members (excludes halogenated alkanes) is 13. The largest absolute Gasteiger partial charge is 0.264 e. The van der Waals surface area contributed by atoms with E-state index in [4.69, 9.17) is 0 Å². The van der Waals surface area contributed by atoms with Crippen molar-refractivity contribution < 1.29 is 4.57 Å². The molecule has 0 saturated carbocycles. The standard InChI is InChI=1S/C28H47N2/c1-4-5-6-7-8-9-10-11-12-13-14-15-16-20-23-29-24-25-30(28(29)26(2)3)27-21-18-17-19-22-27/h17-19,21-22,24-26H,4-16,20,23H2,1-3H3/q+1. The second kappa shape index (κ2) is 15.3. The molecule has 0 aliphatic rings. The summed E-state index contributed by atoms with van der Waals surface area (Å²) >= 11 is 0. The summed E-state index contributed by atoms with van der Waals surface area (Å²) in [6.45, 7) is 8.04. The van der Waals surface area contributed by atoms with Gasteiger partial charge in [0, 0.05) is 0 Å². The van der Waals surface area contributed by atoms with Crippen LogP contribution >= 0.6 is 0 Å². The molecule has 2 heteroatoms. The molecule has 0 atom stereocenters. The monoisotopic (exact) mass is 411 g/mol. The van der Waals surface area contributed by atoms with Gasteiger partial charge < -0.3 is 0 Å². The van der Waals surface area contributed by atoms with E-state index in [1.807, 2.05) is 0 Å². The van der Waals surface area contributed by atoms with Crippen molar-refractivity contribution in [1.29, 1.82) is 0 Å². The quantitative estimate of drug-likeness (QED) is 0.183. The van der Waals surface area contributed by atoms with E-state index in [2.05, 4.69) is 72.6 Å². The molecule has 1 aromatic carbocycles. The van der Waals surface area contributed by atoms with Crippen LogP contribution in [-0.4, -0.2) is 4.57 Å². The zero-order valence-electron chi connectivity index (χ0n) is 20.1. The van der Waals surface area contributed by atoms with Gasteiger partial charge in [-0.25, -0.2) is 4.57 Å². The van der Waals surface area contributed by atoms with Crippen molar-refractivity contribution in [2.24, 2.45) is 0 Å². The Morgan fingerprint density at radius 3 is 1.70 bits per heavy atom. The highest BCUT2D eigenvalue weighted by Gasteiger charge is 2.21. The molecule has 168 valence electrons. The van der Waals surface area contributed by atoms with Gasteiger partial charge in [0.2, 0.25) is 0 Å². The Morgan fingerprint density at radius 1 is 0.700 bits per heavy atom. The normalized spacial score (nSPS) is 11.5. The van der Waals surface area contributed by atoms with E-state index in [-0.39, 0.29) is 0 Å². The van der Waals surface area contributed by atoms with Crippen LogP contribution in [0.4, 0.5) is 0 Å². The highest BCUT2D eigenvalue weighted by molar-refractivity contribution is 5.32. The minimum absolute atomic E-state index is 0.520. The van der Waals surface area contributed by atoms with E-state index in [9.17, 15) is 0 Å². The zero-order chi connectivity index (χ0) is 21.4. The number of hydrogen-bond donors (Lipinski definition) is 0. The van der Waals surface area contributed by atoms with Gasteiger partial charge in [-0.1, -0.05) is 116 Å². The van der Waals surface area contributed by atoms with Crippen LogP contribution in [0.3, 0.4) is 0 Å². The van der Waals surface area contributed by atoms with Crippen LogP contribution < -0.4 is 4.57 Å². The molecule has 0 radical (unpaired) electrons. The van der Waals surface area contributed by atoms with Crippen LogP contribution in [0, 0.1) is 0 Å². The molecule has 0 fully saturated rings. The first kappa shape index (κ1) is 24.7. The fourth-order valence-corrected chi connectivity index (χ4v) is 4.52. The molecule has 0 aliphatic heterocycles. The highest BCUT2D eigenvalue weighted by Crippen LogP contribution is 2.17. The fraction of sp³-hybridized carbons (Fsp3) is 0.679. The molecule has 0 unspecified atom stereocenters. The summed E-state index contributed by atoms with van der Waals surface area (Å²) in [5, 5.41) is 0. The van der Waals surface area contributed by atoms with Crippen LogP contribution in [0.5, 0.6) is 0 Å². The van der Waals surface area contributed by atoms with E-state index in [0.717, 1.165) is 6.54 Å². The van der Waals surface area contributed by atoms with Gasteiger partial charge in [0.1, 0.15) is 18.1 Å². The molecule has 0 saturated heterocycles. The van der Waals surface area contributed by atoms with Gasteiger partial charge in [-0.15, -0.1) is 0 Å². The predicted molar refractivity (Wildman–Crippen MR) is 130 cm³/mol. The first-order valence-corrected chi connectivity index (χ1v) is 12.9. The van der Waals surface area contributed by atoms with E-state index >= 15 is 0 Å². The average molecular weight is 412 g/mol. The molecule has 30 heavy (non-hydrogen) atoms. The number of benzene rings is 1. The number of aromatic nitrogens is 2. The Hall–Kier alpha value is -1.57. The van der Waals surface area contributed by atoms with E-state index in [1.54, 1.807) is 0 Å². The number of aryl methyl sites for hydroxylation is 1. The molecule has 1 heterocycles. The maximum atomic E-state index is 2.47. The van der Waals surface area contributed by atoms with Gasteiger partial charge in [0.25, 0.3) is 5.82 Å². The lowest BCUT2D eigenvalue weighted by Gasteiger charge is -2.08. The van der Waals surface area contributed by atoms with Crippen LogP contribution in [0.25, 0.3) is 5.69 Å². The maximum absolute atomic E-state index is 2.47. The van der Waals surface area contributed by atoms with Gasteiger partial charge in [-0.05, 0) is 25.0 Å². The molecule has 0 amide bonds. The summed E-state index contributed by atoms with van der Waals surface area (Å²) in [6.07, 6.45) is 24.4. The van der Waals surface area contributed by atoms with Gasteiger partial charge in [0.15, 0.2) is 0 Å². The summed E-state index contributed by atoms with van der Waals surface area (Å²) < 4.78 is 4.83. The highest BCUT2D eigenvalue weighted by atomic mass is 15.2. The summed E-state index contributed by atoms with van der Waals surface area (Å²) in [4.78, 5) is 0. The minimum atomic E-state index is 0.520. The molecule has 2 rings (SSSR count). The smallest absolute Gasteiger partial charge is 0.234 e. The van der Waals surface area contributed by atoms with Crippen LogP contribution in [-0.2, 0) is 6.54 Å². The van der Waals surface area contributed by atoms with Crippen LogP contribution in [0.2, 0.25) is 0 Å². The molecule has 1 aromatic heterocycles. The number of imidazole rings is 1. The Kier molecular flexibility index (Phi) is 12.6. The SMILES string of the molecule is CCCCCCCCCCCCCCCC[n+]1ccn(-c2ccccc2)c1C(C)C. The van der Waals surface area contributed by atoms with Crippen LogP contribution in [0.1, 0.15) is 122 Å². The molecule has 0 bridgehead atoms. The Labute approximate surface area is 186 Å². The molecule has 0 aliphatic carbocycles. The van der Waals surface area contributed by atoms with Crippen molar-refractivity contribution in [3.8, 4) is 5.69 Å². The Bertz CT molecular complexity index is 657. The third kappa shape index (κ3) is 9.06. The number of rotatable bonds is 17. The minimum Gasteiger partial charge on any atom is -0.234 e. The van der Waals surface area contributed by atoms with E-state index in [1.165, 1.54) is 101 Å². The zero-order valence-corrected chi connectivity index (χ0v) is 20.1. The van der Waals surface area contributed by atoms with E-state index in [0.29, 0.717) is 5.92 Å². The van der Waals surface area contributed by atoms with Crippen molar-refractivity contribution in [1.82, 2.24) is 4.57 Å². The second-order valence-electron chi connectivity index (χ2n) is 9.31. The van der Waals surface area contributed by atoms with Crippen LogP contribution in [0.15, 0.2) is 42.7 Å². The van der Waals surface area contributed by atoms with Crippen molar-refractivity contribution in [2.75, 3.05) is 0 Å². The Morgan fingerprint density at radius 2 is 1.20 bits per heavy atom. The van der Waals surface area contributed by atoms with Crippen molar-refractivity contribution in [3.63, 3.8) is 0 Å². The number of nitrogens with zero attached hydrogens (tertiary/aromatic N) is 2. The van der Waals surface area contributed by atoms with Gasteiger partial charge in [0.05, 0.1) is 12.5 Å². The first-order chi connectivity index (χ1) is 14.7. The van der Waals surface area contributed by atoms with Gasteiger partial charge in [-0.2, -0.15) is 4.57 Å². The summed E-state index contributed by atoms with van der Waals surface area (Å²) in [5.41, 5.74) is 1.26. The summed E-state index contributed by atoms with van der Waals surface area (Å²) in [5.74, 6) is 1.93. The fourth-order valence-electron chi connectivity index (χ4n) is 4.52. The molecular weight excluding hydrogens is 364 g/mol. The van der Waals surface area contributed by atoms with E-state index < -0.39 is 0 Å². The number of hydrogen-bond acceptors (Lipinski definition) is 0. The molecule has 0 spiro atoms. The molecular formula is C28H47N2+. The second-order valence-corrected chi connectivity index (χ2v) is 9.31. The Balaban J connectivity index is 1.56. The first-order valence-electron chi connectivity index (χ1n) is 12.9.